The van der Waals surface area contributed by atoms with Gasteiger partial charge in [0, 0.05) is 39.9 Å². The maximum Gasteiger partial charge on any atom is 0.191 e. The third-order valence-corrected chi connectivity index (χ3v) is 5.26. The first-order valence-electron chi connectivity index (χ1n) is 11.2. The van der Waals surface area contributed by atoms with Gasteiger partial charge in [-0.15, -0.1) is 0 Å². The van der Waals surface area contributed by atoms with Gasteiger partial charge in [0.1, 0.15) is 0 Å². The van der Waals surface area contributed by atoms with Crippen molar-refractivity contribution in [1.29, 1.82) is 0 Å². The van der Waals surface area contributed by atoms with Crippen molar-refractivity contribution in [3.63, 3.8) is 0 Å². The predicted molar refractivity (Wildman–Crippen MR) is 123 cm³/mol. The van der Waals surface area contributed by atoms with Crippen molar-refractivity contribution in [2.24, 2.45) is 4.99 Å². The summed E-state index contributed by atoms with van der Waals surface area (Å²) in [5.74, 6) is 2.45. The van der Waals surface area contributed by atoms with Crippen LogP contribution in [0.1, 0.15) is 44.6 Å². The highest BCUT2D eigenvalue weighted by molar-refractivity contribution is 5.79. The van der Waals surface area contributed by atoms with E-state index in [4.69, 9.17) is 19.2 Å². The van der Waals surface area contributed by atoms with Crippen LogP contribution < -0.4 is 20.1 Å². The Morgan fingerprint density at radius 1 is 1.13 bits per heavy atom. The molecule has 1 aliphatic rings. The number of hydrogen-bond donors (Lipinski definition) is 2. The summed E-state index contributed by atoms with van der Waals surface area (Å²) in [6.07, 6.45) is 6.09. The van der Waals surface area contributed by atoms with E-state index in [1.54, 1.807) is 14.2 Å². The molecule has 30 heavy (non-hydrogen) atoms. The minimum Gasteiger partial charge on any atom is -0.493 e. The van der Waals surface area contributed by atoms with Crippen molar-refractivity contribution in [3.05, 3.63) is 23.8 Å². The number of methoxy groups -OCH3 is 2. The van der Waals surface area contributed by atoms with E-state index in [9.17, 15) is 0 Å². The molecule has 0 atom stereocenters. The second-order valence-electron chi connectivity index (χ2n) is 7.78. The van der Waals surface area contributed by atoms with Crippen molar-refractivity contribution in [1.82, 2.24) is 15.5 Å². The van der Waals surface area contributed by atoms with E-state index < -0.39 is 0 Å². The molecule has 7 heteroatoms. The average Bonchev–Trinajstić information content (AvgIpc) is 3.25. The summed E-state index contributed by atoms with van der Waals surface area (Å²) in [6.45, 7) is 7.12. The summed E-state index contributed by atoms with van der Waals surface area (Å²) in [4.78, 5) is 7.04. The molecule has 1 saturated carbocycles. The fourth-order valence-electron chi connectivity index (χ4n) is 3.57. The van der Waals surface area contributed by atoms with Crippen LogP contribution in [0.2, 0.25) is 0 Å². The molecule has 7 nitrogen and oxygen atoms in total. The third-order valence-electron chi connectivity index (χ3n) is 5.26. The second-order valence-corrected chi connectivity index (χ2v) is 7.78. The smallest absolute Gasteiger partial charge is 0.191 e. The Labute approximate surface area is 182 Å². The number of nitrogens with one attached hydrogen (secondary N) is 2. The van der Waals surface area contributed by atoms with Crippen molar-refractivity contribution in [2.75, 3.05) is 54.1 Å². The largest absolute Gasteiger partial charge is 0.493 e. The van der Waals surface area contributed by atoms with Gasteiger partial charge in [0.2, 0.25) is 0 Å². The highest BCUT2D eigenvalue weighted by Crippen LogP contribution is 2.32. The number of nitrogens with zero attached hydrogens (tertiary/aromatic N) is 2. The van der Waals surface area contributed by atoms with Gasteiger partial charge in [0.25, 0.3) is 0 Å². The molecule has 0 spiro atoms. The fourth-order valence-corrected chi connectivity index (χ4v) is 3.57. The van der Waals surface area contributed by atoms with Crippen molar-refractivity contribution in [3.8, 4) is 11.5 Å². The summed E-state index contributed by atoms with van der Waals surface area (Å²) in [6, 6.07) is 6.09. The van der Waals surface area contributed by atoms with Crippen LogP contribution in [0.15, 0.2) is 23.2 Å². The number of aliphatic imine (C=N–C) groups is 1. The number of likely N-dealkylation sites (N-methyl/N-ethyl adjacent to an activating group) is 1. The summed E-state index contributed by atoms with van der Waals surface area (Å²) < 4.78 is 16.8. The van der Waals surface area contributed by atoms with Crippen LogP contribution in [0, 0.1) is 0 Å². The van der Waals surface area contributed by atoms with Gasteiger partial charge < -0.3 is 29.7 Å². The monoisotopic (exact) mass is 420 g/mol. The molecule has 0 unspecified atom stereocenters. The second kappa shape index (κ2) is 14.1. The molecule has 2 N–H and O–H groups in total. The molecule has 2 rings (SSSR count). The quantitative estimate of drug-likeness (QED) is 0.290. The van der Waals surface area contributed by atoms with E-state index in [-0.39, 0.29) is 0 Å². The summed E-state index contributed by atoms with van der Waals surface area (Å²) in [5, 5.41) is 6.74. The minimum atomic E-state index is 0.303. The number of guanidine groups is 1. The van der Waals surface area contributed by atoms with E-state index in [0.29, 0.717) is 12.6 Å². The van der Waals surface area contributed by atoms with Crippen molar-refractivity contribution < 1.29 is 14.2 Å². The van der Waals surface area contributed by atoms with E-state index >= 15 is 0 Å². The maximum absolute atomic E-state index is 6.20. The van der Waals surface area contributed by atoms with Gasteiger partial charge >= 0.3 is 0 Å². The van der Waals surface area contributed by atoms with Crippen LogP contribution in [-0.2, 0) is 11.3 Å². The fraction of sp³-hybridized carbons (Fsp3) is 0.696. The van der Waals surface area contributed by atoms with Gasteiger partial charge in [-0.05, 0) is 63.8 Å². The van der Waals surface area contributed by atoms with Crippen LogP contribution in [-0.4, -0.2) is 71.0 Å². The van der Waals surface area contributed by atoms with E-state index in [0.717, 1.165) is 75.1 Å². The van der Waals surface area contributed by atoms with E-state index in [2.05, 4.69) is 41.6 Å². The van der Waals surface area contributed by atoms with Crippen LogP contribution in [0.3, 0.4) is 0 Å². The number of benzene rings is 1. The maximum atomic E-state index is 6.20. The van der Waals surface area contributed by atoms with E-state index in [1.807, 2.05) is 6.07 Å². The molecule has 0 radical (unpaired) electrons. The Hall–Kier alpha value is -1.99. The van der Waals surface area contributed by atoms with Crippen LogP contribution in [0.5, 0.6) is 11.5 Å². The number of ether oxygens (including phenoxy) is 3. The first kappa shape index (κ1) is 24.3. The Balaban J connectivity index is 1.89. The zero-order chi connectivity index (χ0) is 21.6. The van der Waals surface area contributed by atoms with Gasteiger partial charge in [-0.2, -0.15) is 0 Å². The van der Waals surface area contributed by atoms with Gasteiger partial charge in [-0.1, -0.05) is 6.07 Å². The first-order valence-corrected chi connectivity index (χ1v) is 11.2. The Kier molecular flexibility index (Phi) is 11.4. The van der Waals surface area contributed by atoms with Gasteiger partial charge in [0.15, 0.2) is 17.5 Å². The molecule has 1 aliphatic carbocycles. The van der Waals surface area contributed by atoms with E-state index in [1.165, 1.54) is 12.8 Å². The molecular weight excluding hydrogens is 380 g/mol. The number of hydrogen-bond acceptors (Lipinski definition) is 5. The molecule has 0 saturated heterocycles. The van der Waals surface area contributed by atoms with Gasteiger partial charge in [-0.3, -0.25) is 0 Å². The van der Waals surface area contributed by atoms with Crippen LogP contribution in [0.4, 0.5) is 0 Å². The van der Waals surface area contributed by atoms with Crippen molar-refractivity contribution >= 4 is 5.96 Å². The molecule has 1 aromatic carbocycles. The summed E-state index contributed by atoms with van der Waals surface area (Å²) in [5.41, 5.74) is 1.11. The molecule has 170 valence electrons. The summed E-state index contributed by atoms with van der Waals surface area (Å²) >= 11 is 0. The Morgan fingerprint density at radius 3 is 2.63 bits per heavy atom. The van der Waals surface area contributed by atoms with Crippen molar-refractivity contribution in [2.45, 2.75) is 51.7 Å². The lowest BCUT2D eigenvalue weighted by Crippen LogP contribution is -2.41. The average molecular weight is 421 g/mol. The zero-order valence-corrected chi connectivity index (χ0v) is 19.2. The van der Waals surface area contributed by atoms with Crippen LogP contribution >= 0.6 is 0 Å². The molecule has 0 amide bonds. The highest BCUT2D eigenvalue weighted by Gasteiger charge is 2.18. The molecule has 0 bridgehead atoms. The lowest BCUT2D eigenvalue weighted by atomic mass is 10.2. The Morgan fingerprint density at radius 2 is 1.93 bits per heavy atom. The zero-order valence-electron chi connectivity index (χ0n) is 19.2. The Bertz CT molecular complexity index is 633. The molecule has 0 aliphatic heterocycles. The first-order chi connectivity index (χ1) is 14.7. The third kappa shape index (κ3) is 8.79. The van der Waals surface area contributed by atoms with Gasteiger partial charge in [0.05, 0.1) is 19.8 Å². The molecule has 1 aromatic rings. The topological polar surface area (TPSA) is 67.4 Å². The predicted octanol–water partition coefficient (Wildman–Crippen LogP) is 3.04. The normalized spacial score (nSPS) is 14.9. The minimum absolute atomic E-state index is 0.303. The molecular formula is C23H40N4O3. The number of rotatable bonds is 13. The summed E-state index contributed by atoms with van der Waals surface area (Å²) in [7, 11) is 5.56. The highest BCUT2D eigenvalue weighted by atomic mass is 16.5. The lowest BCUT2D eigenvalue weighted by molar-refractivity contribution is 0.180. The standard InChI is InChI=1S/C23H40N4O3/c1-5-24-23(25-13-15-27(2)14-8-16-28-3)26-18-19-11-12-21(29-4)22(17-19)30-20-9-6-7-10-20/h11-12,17,20H,5-10,13-16,18H2,1-4H3,(H2,24,25,26). The molecule has 0 aromatic heterocycles. The van der Waals surface area contributed by atoms with Gasteiger partial charge in [-0.25, -0.2) is 4.99 Å². The molecule has 0 heterocycles. The lowest BCUT2D eigenvalue weighted by Gasteiger charge is -2.18. The van der Waals surface area contributed by atoms with Crippen LogP contribution in [0.25, 0.3) is 0 Å². The SMILES string of the molecule is CCNC(=NCc1ccc(OC)c(OC2CCCC2)c1)NCCN(C)CCCOC. The molecule has 1 fully saturated rings.